The van der Waals surface area contributed by atoms with Crippen molar-refractivity contribution in [2.75, 3.05) is 0 Å². The minimum atomic E-state index is -0.833. The number of carboxylic acids is 1. The van der Waals surface area contributed by atoms with Crippen LogP contribution in [0.5, 0.6) is 0 Å². The van der Waals surface area contributed by atoms with Crippen LogP contribution in [0.3, 0.4) is 0 Å². The van der Waals surface area contributed by atoms with E-state index in [-0.39, 0.29) is 23.9 Å². The summed E-state index contributed by atoms with van der Waals surface area (Å²) in [6.07, 6.45) is 1.50. The van der Waals surface area contributed by atoms with Crippen molar-refractivity contribution in [1.82, 2.24) is 0 Å². The fourth-order valence-electron chi connectivity index (χ4n) is 0. The van der Waals surface area contributed by atoms with Crippen LogP contribution in [0.2, 0.25) is 0 Å². The van der Waals surface area contributed by atoms with Crippen molar-refractivity contribution in [1.29, 1.82) is 0 Å². The molecule has 0 aliphatic rings. The van der Waals surface area contributed by atoms with Gasteiger partial charge in [0, 0.05) is 6.92 Å². The topological polar surface area (TPSA) is 37.3 Å². The molecule has 0 aromatic rings. The molecular weight excluding hydrogens is 163 g/mol. The molecule has 0 atom stereocenters. The van der Waals surface area contributed by atoms with E-state index in [1.165, 1.54) is 6.08 Å². The van der Waals surface area contributed by atoms with Crippen LogP contribution < -0.4 is 0 Å². The van der Waals surface area contributed by atoms with Crippen molar-refractivity contribution in [3.05, 3.63) is 27.0 Å². The van der Waals surface area contributed by atoms with Crippen molar-refractivity contribution >= 4 is 5.97 Å². The Hall–Kier alpha value is -0.426. The third-order valence-corrected chi connectivity index (χ3v) is 0. The van der Waals surface area contributed by atoms with E-state index in [1.807, 2.05) is 0 Å². The van der Waals surface area contributed by atoms with Gasteiger partial charge in [-0.3, -0.25) is 4.79 Å². The Balaban J connectivity index is -0.0000000233. The van der Waals surface area contributed by atoms with Gasteiger partial charge in [-0.05, 0) is 0 Å². The average molecular weight is 175 g/mol. The van der Waals surface area contributed by atoms with Gasteiger partial charge in [-0.15, -0.1) is 0 Å². The molecule has 0 radical (unpaired) electrons. The molecule has 2 nitrogen and oxygen atoms in total. The molecule has 0 heterocycles. The SMILES string of the molecule is C=C[CH2-].CC(=O)O.[CH3-].[Ni+2]. The molecule has 0 spiro atoms. The largest absolute Gasteiger partial charge is 2.00 e. The predicted molar refractivity (Wildman–Crippen MR) is 35.3 cm³/mol. The maximum absolute atomic E-state index is 9.00. The summed E-state index contributed by atoms with van der Waals surface area (Å²) in [6, 6.07) is 0. The smallest absolute Gasteiger partial charge is 0.481 e. The molecule has 0 aliphatic carbocycles. The minimum absolute atomic E-state index is 0. The molecule has 0 saturated heterocycles. The molecule has 0 saturated carbocycles. The maximum Gasteiger partial charge on any atom is 2.00 e. The van der Waals surface area contributed by atoms with Gasteiger partial charge in [0.05, 0.1) is 0 Å². The van der Waals surface area contributed by atoms with Crippen LogP contribution in [0, 0.1) is 14.4 Å². The van der Waals surface area contributed by atoms with E-state index in [0.29, 0.717) is 0 Å². The number of aliphatic carboxylic acids is 1. The minimum Gasteiger partial charge on any atom is -0.481 e. The quantitative estimate of drug-likeness (QED) is 0.447. The first-order valence-corrected chi connectivity index (χ1v) is 1.74. The van der Waals surface area contributed by atoms with Crippen LogP contribution in [0.15, 0.2) is 12.7 Å². The maximum atomic E-state index is 9.00. The summed E-state index contributed by atoms with van der Waals surface area (Å²) >= 11 is 0. The molecule has 0 bridgehead atoms. The summed E-state index contributed by atoms with van der Waals surface area (Å²) in [4.78, 5) is 9.00. The van der Waals surface area contributed by atoms with Crippen LogP contribution >= 0.6 is 0 Å². The average Bonchev–Trinajstić information content (AvgIpc) is 1.33. The molecule has 0 aromatic carbocycles. The van der Waals surface area contributed by atoms with Crippen LogP contribution in [-0.4, -0.2) is 11.1 Å². The summed E-state index contributed by atoms with van der Waals surface area (Å²) in [5.74, 6) is -0.833. The first-order chi connectivity index (χ1) is 3.15. The van der Waals surface area contributed by atoms with Crippen molar-refractivity contribution in [2.24, 2.45) is 0 Å². The normalized spacial score (nSPS) is 4.11. The van der Waals surface area contributed by atoms with Gasteiger partial charge < -0.3 is 12.5 Å². The third kappa shape index (κ3) is 1290. The first kappa shape index (κ1) is 23.5. The molecule has 0 aliphatic heterocycles. The van der Waals surface area contributed by atoms with E-state index in [2.05, 4.69) is 13.5 Å². The van der Waals surface area contributed by atoms with Gasteiger partial charge in [0.2, 0.25) is 0 Å². The summed E-state index contributed by atoms with van der Waals surface area (Å²) in [5, 5.41) is 7.42. The zero-order chi connectivity index (χ0) is 6.28. The molecule has 0 unspecified atom stereocenters. The molecule has 0 rings (SSSR count). The summed E-state index contributed by atoms with van der Waals surface area (Å²) in [6.45, 7) is 7.58. The number of rotatable bonds is 0. The van der Waals surface area contributed by atoms with Gasteiger partial charge >= 0.3 is 16.5 Å². The Morgan fingerprint density at radius 1 is 1.78 bits per heavy atom. The fraction of sp³-hybridized carbons (Fsp3) is 0.167. The zero-order valence-corrected chi connectivity index (χ0v) is 6.65. The Kier molecular flexibility index (Phi) is 66.9. The Bertz CT molecular complexity index is 58.1. The van der Waals surface area contributed by atoms with Crippen molar-refractivity contribution < 1.29 is 26.4 Å². The van der Waals surface area contributed by atoms with Crippen LogP contribution in [-0.2, 0) is 21.3 Å². The van der Waals surface area contributed by atoms with Crippen LogP contribution in [0.1, 0.15) is 6.92 Å². The Morgan fingerprint density at radius 2 is 1.78 bits per heavy atom. The van der Waals surface area contributed by atoms with Crippen LogP contribution in [0.25, 0.3) is 0 Å². The molecule has 1 N–H and O–H groups in total. The molecule has 0 fully saturated rings. The second kappa shape index (κ2) is 25.6. The van der Waals surface area contributed by atoms with E-state index in [0.717, 1.165) is 6.92 Å². The zero-order valence-electron chi connectivity index (χ0n) is 5.66. The van der Waals surface area contributed by atoms with E-state index in [9.17, 15) is 0 Å². The summed E-state index contributed by atoms with van der Waals surface area (Å²) in [7, 11) is 0. The fourth-order valence-corrected chi connectivity index (χ4v) is 0. The number of allylic oxidation sites excluding steroid dienone is 1. The van der Waals surface area contributed by atoms with Gasteiger partial charge in [0.25, 0.3) is 5.97 Å². The van der Waals surface area contributed by atoms with Crippen LogP contribution in [0.4, 0.5) is 0 Å². The number of carboxylic acid groups (broad SMARTS) is 1. The standard InChI is InChI=1S/C3H5.C2H4O2.CH3.Ni/c1-3-2;1-2(3)4;;/h3H,1-2H2;1H3,(H,3,4);1H3;/q-1;;-1;+2. The van der Waals surface area contributed by atoms with E-state index < -0.39 is 5.97 Å². The molecule has 0 amide bonds. The summed E-state index contributed by atoms with van der Waals surface area (Å²) < 4.78 is 0. The van der Waals surface area contributed by atoms with E-state index in [4.69, 9.17) is 9.90 Å². The van der Waals surface area contributed by atoms with Gasteiger partial charge in [-0.25, -0.2) is 19.6 Å². The Morgan fingerprint density at radius 3 is 1.78 bits per heavy atom. The molecule has 0 aromatic heterocycles. The second-order valence-corrected chi connectivity index (χ2v) is 0.808. The van der Waals surface area contributed by atoms with Gasteiger partial charge in [0.1, 0.15) is 0 Å². The number of hydrogen-bond acceptors (Lipinski definition) is 1. The predicted octanol–water partition coefficient (Wildman–Crippen LogP) is 1.55. The van der Waals surface area contributed by atoms with E-state index >= 15 is 0 Å². The first-order valence-electron chi connectivity index (χ1n) is 1.74. The third-order valence-electron chi connectivity index (χ3n) is 0. The monoisotopic (exact) mass is 174 g/mol. The molecular formula is C6H12NiO2. The number of hydrogen-bond donors (Lipinski definition) is 1. The van der Waals surface area contributed by atoms with E-state index in [1.54, 1.807) is 0 Å². The second-order valence-electron chi connectivity index (χ2n) is 0.808. The van der Waals surface area contributed by atoms with Gasteiger partial charge in [-0.1, -0.05) is 0 Å². The number of carbonyl (C=O) groups is 1. The molecule has 3 heteroatoms. The van der Waals surface area contributed by atoms with Gasteiger partial charge in [0.15, 0.2) is 0 Å². The summed E-state index contributed by atoms with van der Waals surface area (Å²) in [5.41, 5.74) is 0. The van der Waals surface area contributed by atoms with Crippen molar-refractivity contribution in [3.8, 4) is 0 Å². The molecule has 58 valence electrons. The van der Waals surface area contributed by atoms with Crippen molar-refractivity contribution in [2.45, 2.75) is 6.92 Å². The molecule has 9 heavy (non-hydrogen) atoms. The van der Waals surface area contributed by atoms with Crippen molar-refractivity contribution in [3.63, 3.8) is 0 Å². The van der Waals surface area contributed by atoms with Gasteiger partial charge in [-0.2, -0.15) is 0 Å². The Labute approximate surface area is 66.9 Å².